The summed E-state index contributed by atoms with van der Waals surface area (Å²) in [6.45, 7) is 2.55. The Morgan fingerprint density at radius 2 is 1.28 bits per heavy atom. The smallest absolute Gasteiger partial charge is 0.220 e. The highest BCUT2D eigenvalue weighted by Gasteiger charge is 2.18. The number of thioether (sulfide) groups is 1. The third kappa shape index (κ3) is 5.38. The maximum atomic E-state index is 5.52. The fraction of sp³-hybridized carbons (Fsp3) is 0.350. The van der Waals surface area contributed by atoms with Crippen molar-refractivity contribution in [1.82, 2.24) is 0 Å². The Kier molecular flexibility index (Phi) is 7.14. The Morgan fingerprint density at radius 1 is 0.880 bits per heavy atom. The summed E-state index contributed by atoms with van der Waals surface area (Å²) >= 11 is 6.97. The molecule has 0 fully saturated rings. The zero-order valence-corrected chi connectivity index (χ0v) is 17.2. The molecule has 3 nitrogen and oxygen atoms in total. The molecule has 134 valence electrons. The van der Waals surface area contributed by atoms with Crippen LogP contribution in [0.2, 0.25) is 0 Å². The molecular weight excluding hydrogens is 348 g/mol. The molecule has 0 aliphatic rings. The van der Waals surface area contributed by atoms with Crippen molar-refractivity contribution in [3.63, 3.8) is 0 Å². The predicted molar refractivity (Wildman–Crippen MR) is 115 cm³/mol. The molecule has 0 atom stereocenters. The minimum atomic E-state index is 0.117. The second kappa shape index (κ2) is 9.11. The summed E-state index contributed by atoms with van der Waals surface area (Å²) in [6.07, 6.45) is 0. The summed E-state index contributed by atoms with van der Waals surface area (Å²) in [5, 5.41) is 0.117. The van der Waals surface area contributed by atoms with Gasteiger partial charge in [-0.3, -0.25) is 0 Å². The molecule has 0 aromatic heterocycles. The SMILES string of the molecule is CCOC(=S)SC(c1ccc(N(C)C)cc1)c1ccc(N(C)C)cc1. The summed E-state index contributed by atoms with van der Waals surface area (Å²) in [5.41, 5.74) is 4.80. The van der Waals surface area contributed by atoms with Crippen molar-refractivity contribution in [2.75, 3.05) is 44.6 Å². The molecule has 2 aromatic rings. The zero-order chi connectivity index (χ0) is 18.4. The van der Waals surface area contributed by atoms with E-state index in [2.05, 4.69) is 58.3 Å². The van der Waals surface area contributed by atoms with Gasteiger partial charge in [-0.1, -0.05) is 36.0 Å². The fourth-order valence-electron chi connectivity index (χ4n) is 2.47. The third-order valence-electron chi connectivity index (χ3n) is 3.90. The summed E-state index contributed by atoms with van der Waals surface area (Å²) in [5.74, 6) is 0. The van der Waals surface area contributed by atoms with Crippen LogP contribution >= 0.6 is 24.0 Å². The van der Waals surface area contributed by atoms with E-state index in [4.69, 9.17) is 17.0 Å². The maximum absolute atomic E-state index is 5.52. The van der Waals surface area contributed by atoms with Crippen LogP contribution in [-0.4, -0.2) is 39.2 Å². The van der Waals surface area contributed by atoms with Gasteiger partial charge in [-0.15, -0.1) is 0 Å². The molecule has 0 aliphatic carbocycles. The Bertz CT molecular complexity index is 630. The summed E-state index contributed by atoms with van der Waals surface area (Å²) < 4.78 is 6.10. The number of anilines is 2. The monoisotopic (exact) mass is 374 g/mol. The van der Waals surface area contributed by atoms with E-state index >= 15 is 0 Å². The lowest BCUT2D eigenvalue weighted by Gasteiger charge is -2.20. The van der Waals surface area contributed by atoms with E-state index < -0.39 is 0 Å². The van der Waals surface area contributed by atoms with Crippen molar-refractivity contribution in [3.05, 3.63) is 59.7 Å². The first kappa shape index (κ1) is 19.6. The van der Waals surface area contributed by atoms with Crippen molar-refractivity contribution in [3.8, 4) is 0 Å². The molecule has 0 heterocycles. The number of hydrogen-bond acceptors (Lipinski definition) is 5. The Morgan fingerprint density at radius 3 is 1.60 bits per heavy atom. The van der Waals surface area contributed by atoms with Crippen LogP contribution in [-0.2, 0) is 4.74 Å². The molecule has 0 spiro atoms. The van der Waals surface area contributed by atoms with Crippen molar-refractivity contribution in [1.29, 1.82) is 0 Å². The van der Waals surface area contributed by atoms with Crippen LogP contribution in [0, 0.1) is 0 Å². The van der Waals surface area contributed by atoms with Crippen LogP contribution < -0.4 is 9.80 Å². The van der Waals surface area contributed by atoms with Crippen LogP contribution in [0.1, 0.15) is 23.3 Å². The van der Waals surface area contributed by atoms with E-state index in [1.54, 1.807) is 11.8 Å². The lowest BCUT2D eigenvalue weighted by Crippen LogP contribution is -2.10. The molecule has 0 N–H and O–H groups in total. The molecule has 0 radical (unpaired) electrons. The summed E-state index contributed by atoms with van der Waals surface area (Å²) in [7, 11) is 8.19. The van der Waals surface area contributed by atoms with Gasteiger partial charge in [-0.25, -0.2) is 0 Å². The largest absolute Gasteiger partial charge is 0.479 e. The average Bonchev–Trinajstić information content (AvgIpc) is 2.60. The molecule has 5 heteroatoms. The lowest BCUT2D eigenvalue weighted by atomic mass is 10.0. The number of hydrogen-bond donors (Lipinski definition) is 0. The molecule has 0 unspecified atom stereocenters. The van der Waals surface area contributed by atoms with Crippen LogP contribution in [0.5, 0.6) is 0 Å². The minimum Gasteiger partial charge on any atom is -0.479 e. The maximum Gasteiger partial charge on any atom is 0.220 e. The highest BCUT2D eigenvalue weighted by Crippen LogP contribution is 2.38. The number of rotatable bonds is 6. The molecule has 0 bridgehead atoms. The number of benzene rings is 2. The lowest BCUT2D eigenvalue weighted by molar-refractivity contribution is 0.346. The van der Waals surface area contributed by atoms with Gasteiger partial charge in [-0.05, 0) is 54.5 Å². The van der Waals surface area contributed by atoms with Gasteiger partial charge in [0.1, 0.15) is 0 Å². The van der Waals surface area contributed by atoms with Gasteiger partial charge in [-0.2, -0.15) is 0 Å². The van der Waals surface area contributed by atoms with Crippen molar-refractivity contribution < 1.29 is 4.74 Å². The Labute approximate surface area is 161 Å². The minimum absolute atomic E-state index is 0.117. The van der Waals surface area contributed by atoms with Crippen LogP contribution in [0.4, 0.5) is 11.4 Å². The number of ether oxygens (including phenoxy) is 1. The fourth-order valence-corrected chi connectivity index (χ4v) is 3.84. The van der Waals surface area contributed by atoms with E-state index in [1.807, 2.05) is 35.1 Å². The van der Waals surface area contributed by atoms with Gasteiger partial charge in [0.15, 0.2) is 0 Å². The second-order valence-corrected chi connectivity index (χ2v) is 7.86. The molecular formula is C20H26N2OS2. The Balaban J connectivity index is 2.33. The second-order valence-electron chi connectivity index (χ2n) is 6.15. The van der Waals surface area contributed by atoms with E-state index in [-0.39, 0.29) is 5.25 Å². The Hall–Kier alpha value is -1.72. The van der Waals surface area contributed by atoms with Crippen LogP contribution in [0.15, 0.2) is 48.5 Å². The first-order valence-corrected chi connectivity index (χ1v) is 9.59. The van der Waals surface area contributed by atoms with Gasteiger partial charge < -0.3 is 14.5 Å². The van der Waals surface area contributed by atoms with Crippen molar-refractivity contribution in [2.24, 2.45) is 0 Å². The van der Waals surface area contributed by atoms with Crippen LogP contribution in [0.25, 0.3) is 0 Å². The first-order chi connectivity index (χ1) is 11.9. The van der Waals surface area contributed by atoms with Gasteiger partial charge >= 0.3 is 0 Å². The van der Waals surface area contributed by atoms with E-state index in [0.29, 0.717) is 11.0 Å². The van der Waals surface area contributed by atoms with Gasteiger partial charge in [0.05, 0.1) is 11.9 Å². The van der Waals surface area contributed by atoms with Gasteiger partial charge in [0, 0.05) is 39.6 Å². The predicted octanol–water partition coefficient (Wildman–Crippen LogP) is 4.96. The number of thiocarbonyl (C=S) groups is 1. The zero-order valence-electron chi connectivity index (χ0n) is 15.5. The van der Waals surface area contributed by atoms with E-state index in [9.17, 15) is 0 Å². The van der Waals surface area contributed by atoms with Gasteiger partial charge in [0.25, 0.3) is 0 Å². The van der Waals surface area contributed by atoms with E-state index in [1.165, 1.54) is 22.5 Å². The molecule has 0 aliphatic heterocycles. The third-order valence-corrected chi connectivity index (χ3v) is 5.40. The quantitative estimate of drug-likeness (QED) is 0.662. The van der Waals surface area contributed by atoms with E-state index in [0.717, 1.165) is 0 Å². The highest BCUT2D eigenvalue weighted by atomic mass is 32.2. The molecule has 0 amide bonds. The standard InChI is InChI=1S/C20H26N2OS2/c1-6-23-20(24)25-19(15-7-11-17(12-8-15)21(2)3)16-9-13-18(14-10-16)22(4)5/h7-14,19H,6H2,1-5H3. The molecule has 0 saturated carbocycles. The van der Waals surface area contributed by atoms with Crippen molar-refractivity contribution >= 4 is 39.7 Å². The highest BCUT2D eigenvalue weighted by molar-refractivity contribution is 8.22. The van der Waals surface area contributed by atoms with Crippen molar-refractivity contribution in [2.45, 2.75) is 12.2 Å². The number of nitrogens with zero attached hydrogens (tertiary/aromatic N) is 2. The summed E-state index contributed by atoms with van der Waals surface area (Å²) in [6, 6.07) is 17.2. The molecule has 2 rings (SSSR count). The normalized spacial score (nSPS) is 10.6. The topological polar surface area (TPSA) is 15.7 Å². The molecule has 2 aromatic carbocycles. The molecule has 0 saturated heterocycles. The van der Waals surface area contributed by atoms with Crippen LogP contribution in [0.3, 0.4) is 0 Å². The average molecular weight is 375 g/mol. The molecule has 25 heavy (non-hydrogen) atoms. The van der Waals surface area contributed by atoms with Gasteiger partial charge in [0.2, 0.25) is 4.38 Å². The first-order valence-electron chi connectivity index (χ1n) is 8.30. The summed E-state index contributed by atoms with van der Waals surface area (Å²) in [4.78, 5) is 4.20.